The highest BCUT2D eigenvalue weighted by Crippen LogP contribution is 2.34. The molecule has 198 valence electrons. The first-order valence-electron chi connectivity index (χ1n) is 13.3. The summed E-state index contributed by atoms with van der Waals surface area (Å²) >= 11 is 0. The summed E-state index contributed by atoms with van der Waals surface area (Å²) in [6, 6.07) is 25.0. The number of rotatable bonds is 8. The van der Waals surface area contributed by atoms with Gasteiger partial charge in [-0.25, -0.2) is 0 Å². The minimum Gasteiger partial charge on any atom is -0.339 e. The molecule has 1 unspecified atom stereocenters. The summed E-state index contributed by atoms with van der Waals surface area (Å²) in [4.78, 5) is 29.1. The predicted octanol–water partition coefficient (Wildman–Crippen LogP) is 5.44. The number of carbonyl (C=O) groups excluding carboxylic acids is 1. The van der Waals surface area contributed by atoms with Gasteiger partial charge in [-0.05, 0) is 49.7 Å². The number of aromatic nitrogens is 2. The Hall–Kier alpha value is -3.32. The van der Waals surface area contributed by atoms with E-state index >= 15 is 0 Å². The van der Waals surface area contributed by atoms with Crippen LogP contribution in [0.5, 0.6) is 0 Å². The molecule has 0 aliphatic carbocycles. The average Bonchev–Trinajstić information content (AvgIpc) is 2.96. The third kappa shape index (κ3) is 6.04. The van der Waals surface area contributed by atoms with Crippen molar-refractivity contribution in [3.05, 3.63) is 108 Å². The molecule has 2 aromatic carbocycles. The van der Waals surface area contributed by atoms with E-state index in [1.807, 2.05) is 55.4 Å². The molecule has 1 aliphatic rings. The molecule has 1 fully saturated rings. The lowest BCUT2D eigenvalue weighted by Crippen LogP contribution is -2.47. The van der Waals surface area contributed by atoms with Gasteiger partial charge in [0.2, 0.25) is 0 Å². The molecule has 3 heterocycles. The maximum absolute atomic E-state index is 12.9. The van der Waals surface area contributed by atoms with Gasteiger partial charge in [-0.15, -0.1) is 12.4 Å². The van der Waals surface area contributed by atoms with E-state index in [0.717, 1.165) is 54.9 Å². The van der Waals surface area contributed by atoms with Gasteiger partial charge in [0.15, 0.2) is 0 Å². The molecule has 1 aliphatic heterocycles. The van der Waals surface area contributed by atoms with Crippen LogP contribution in [-0.4, -0.2) is 69.8 Å². The van der Waals surface area contributed by atoms with Crippen molar-refractivity contribution in [3.8, 4) is 0 Å². The fourth-order valence-electron chi connectivity index (χ4n) is 5.34. The number of hydrogen-bond acceptors (Lipinski definition) is 5. The Labute approximate surface area is 231 Å². The van der Waals surface area contributed by atoms with Crippen LogP contribution in [-0.2, 0) is 6.54 Å². The fourth-order valence-corrected chi connectivity index (χ4v) is 5.34. The highest BCUT2D eigenvalue weighted by molar-refractivity contribution is 5.94. The molecule has 5 rings (SSSR count). The maximum Gasteiger partial charge on any atom is 0.253 e. The lowest BCUT2D eigenvalue weighted by molar-refractivity contribution is 0.0773. The molecule has 0 spiro atoms. The Morgan fingerprint density at radius 1 is 0.842 bits per heavy atom. The molecule has 1 atom stereocenters. The summed E-state index contributed by atoms with van der Waals surface area (Å²) in [6.45, 7) is 10.2. The molecule has 0 N–H and O–H groups in total. The quantitative estimate of drug-likeness (QED) is 0.304. The van der Waals surface area contributed by atoms with Gasteiger partial charge in [0.1, 0.15) is 0 Å². The molecular formula is C31H36ClN5O. The second kappa shape index (κ2) is 13.0. The largest absolute Gasteiger partial charge is 0.339 e. The van der Waals surface area contributed by atoms with E-state index in [2.05, 4.69) is 63.3 Å². The fraction of sp³-hybridized carbons (Fsp3) is 0.323. The number of nitrogens with zero attached hydrogens (tertiary/aromatic N) is 5. The third-order valence-electron chi connectivity index (χ3n) is 7.37. The number of piperazine rings is 1. The summed E-state index contributed by atoms with van der Waals surface area (Å²) in [5.41, 5.74) is 5.28. The number of amides is 1. The van der Waals surface area contributed by atoms with Crippen molar-refractivity contribution in [2.45, 2.75) is 26.4 Å². The summed E-state index contributed by atoms with van der Waals surface area (Å²) in [5, 5.41) is 1.15. The third-order valence-corrected chi connectivity index (χ3v) is 7.37. The Morgan fingerprint density at radius 2 is 1.55 bits per heavy atom. The predicted molar refractivity (Wildman–Crippen MR) is 156 cm³/mol. The average molecular weight is 530 g/mol. The number of hydrogen-bond donors (Lipinski definition) is 0. The Balaban J connectivity index is 0.00000336. The number of para-hydroxylation sites is 1. The van der Waals surface area contributed by atoms with Crippen molar-refractivity contribution in [3.63, 3.8) is 0 Å². The number of halogens is 1. The zero-order valence-electron chi connectivity index (χ0n) is 22.2. The van der Waals surface area contributed by atoms with E-state index in [1.165, 1.54) is 11.1 Å². The highest BCUT2D eigenvalue weighted by atomic mass is 35.5. The van der Waals surface area contributed by atoms with Crippen LogP contribution in [0.3, 0.4) is 0 Å². The van der Waals surface area contributed by atoms with Gasteiger partial charge in [0, 0.05) is 74.7 Å². The van der Waals surface area contributed by atoms with E-state index in [-0.39, 0.29) is 24.4 Å². The van der Waals surface area contributed by atoms with Gasteiger partial charge >= 0.3 is 0 Å². The molecule has 1 saturated heterocycles. The Kier molecular flexibility index (Phi) is 9.45. The van der Waals surface area contributed by atoms with Crippen molar-refractivity contribution in [1.29, 1.82) is 0 Å². The van der Waals surface area contributed by atoms with Gasteiger partial charge < -0.3 is 4.90 Å². The van der Waals surface area contributed by atoms with E-state index in [0.29, 0.717) is 13.1 Å². The minimum absolute atomic E-state index is 0. The monoisotopic (exact) mass is 529 g/mol. The number of carbonyl (C=O) groups is 1. The van der Waals surface area contributed by atoms with Gasteiger partial charge in [0.25, 0.3) is 5.91 Å². The smallest absolute Gasteiger partial charge is 0.253 e. The zero-order valence-corrected chi connectivity index (χ0v) is 23.0. The lowest BCUT2D eigenvalue weighted by Gasteiger charge is -2.40. The SMILES string of the molecule is CCN(CC)C(=O)c1ccc(C(c2cccc3cccnc23)N2CCN(Cc3ccccn3)CC2)cc1.Cl. The second-order valence-corrected chi connectivity index (χ2v) is 9.56. The summed E-state index contributed by atoms with van der Waals surface area (Å²) < 4.78 is 0. The van der Waals surface area contributed by atoms with Crippen LogP contribution in [0.25, 0.3) is 10.9 Å². The first kappa shape index (κ1) is 27.7. The van der Waals surface area contributed by atoms with Gasteiger partial charge in [-0.2, -0.15) is 0 Å². The van der Waals surface area contributed by atoms with Crippen molar-refractivity contribution >= 4 is 29.2 Å². The molecule has 0 saturated carbocycles. The van der Waals surface area contributed by atoms with Crippen molar-refractivity contribution in [2.75, 3.05) is 39.3 Å². The first-order valence-corrected chi connectivity index (χ1v) is 13.3. The zero-order chi connectivity index (χ0) is 25.6. The Bertz CT molecular complexity index is 1310. The molecule has 0 radical (unpaired) electrons. The summed E-state index contributed by atoms with van der Waals surface area (Å²) in [7, 11) is 0. The maximum atomic E-state index is 12.9. The van der Waals surface area contributed by atoms with Crippen LogP contribution >= 0.6 is 12.4 Å². The van der Waals surface area contributed by atoms with Crippen LogP contribution in [0.4, 0.5) is 0 Å². The number of benzene rings is 2. The molecule has 6 nitrogen and oxygen atoms in total. The number of fused-ring (bicyclic) bond motifs is 1. The van der Waals surface area contributed by atoms with Gasteiger partial charge in [0.05, 0.1) is 17.3 Å². The van der Waals surface area contributed by atoms with E-state index in [1.54, 1.807) is 0 Å². The molecular weight excluding hydrogens is 494 g/mol. The molecule has 1 amide bonds. The second-order valence-electron chi connectivity index (χ2n) is 9.56. The first-order chi connectivity index (χ1) is 18.2. The number of pyridine rings is 2. The topological polar surface area (TPSA) is 52.6 Å². The van der Waals surface area contributed by atoms with Crippen LogP contribution in [0.2, 0.25) is 0 Å². The van der Waals surface area contributed by atoms with Gasteiger partial charge in [-0.1, -0.05) is 42.5 Å². The van der Waals surface area contributed by atoms with Crippen LogP contribution in [0.1, 0.15) is 47.1 Å². The highest BCUT2D eigenvalue weighted by Gasteiger charge is 2.28. The molecule has 7 heteroatoms. The molecule has 38 heavy (non-hydrogen) atoms. The molecule has 0 bridgehead atoms. The standard InChI is InChI=1S/C31H35N5O.ClH/c1-3-35(4-2)31(37)26-15-13-25(14-16-26)30(28-12-7-9-24-10-8-18-33-29(24)28)36-21-19-34(20-22-36)23-27-11-5-6-17-32-27;/h5-18,30H,3-4,19-23H2,1-2H3;1H. The lowest BCUT2D eigenvalue weighted by atomic mass is 9.93. The van der Waals surface area contributed by atoms with Crippen LogP contribution in [0.15, 0.2) is 85.2 Å². The minimum atomic E-state index is 0. The van der Waals surface area contributed by atoms with Crippen molar-refractivity contribution in [1.82, 2.24) is 24.7 Å². The van der Waals surface area contributed by atoms with Crippen LogP contribution in [0, 0.1) is 0 Å². The van der Waals surface area contributed by atoms with Gasteiger partial charge in [-0.3, -0.25) is 24.6 Å². The van der Waals surface area contributed by atoms with Crippen molar-refractivity contribution in [2.24, 2.45) is 0 Å². The molecule has 2 aromatic heterocycles. The molecule has 4 aromatic rings. The summed E-state index contributed by atoms with van der Waals surface area (Å²) in [6.07, 6.45) is 3.74. The normalized spacial score (nSPS) is 15.1. The summed E-state index contributed by atoms with van der Waals surface area (Å²) in [5.74, 6) is 0.0862. The van der Waals surface area contributed by atoms with Crippen molar-refractivity contribution < 1.29 is 4.79 Å². The van der Waals surface area contributed by atoms with E-state index in [9.17, 15) is 4.79 Å². The van der Waals surface area contributed by atoms with E-state index in [4.69, 9.17) is 4.98 Å². The van der Waals surface area contributed by atoms with E-state index < -0.39 is 0 Å². The Morgan fingerprint density at radius 3 is 2.24 bits per heavy atom. The van der Waals surface area contributed by atoms with Crippen LogP contribution < -0.4 is 0 Å².